The monoisotopic (exact) mass is 618 g/mol. The molecule has 5 rings (SSSR count). The molecular weight excluding hydrogens is 595 g/mol. The molecule has 0 aliphatic carbocycles. The molecule has 4 bridgehead atoms. The van der Waals surface area contributed by atoms with Crippen molar-refractivity contribution in [3.63, 3.8) is 0 Å². The smallest absolute Gasteiger partial charge is 0.242 e. The number of rotatable bonds is 5. The number of fused-ring (bicyclic) bond motifs is 4. The van der Waals surface area contributed by atoms with Crippen LogP contribution < -0.4 is 20.1 Å². The summed E-state index contributed by atoms with van der Waals surface area (Å²) in [5.74, 6) is 0.828. The molecule has 0 amide bonds. The summed E-state index contributed by atoms with van der Waals surface area (Å²) in [7, 11) is -7.57. The van der Waals surface area contributed by atoms with Gasteiger partial charge in [0.25, 0.3) is 0 Å². The molecule has 1 aromatic heterocycles. The van der Waals surface area contributed by atoms with E-state index in [2.05, 4.69) is 30.0 Å². The van der Waals surface area contributed by atoms with Gasteiger partial charge in [-0.2, -0.15) is 4.98 Å². The quantitative estimate of drug-likeness (QED) is 0.251. The lowest BCUT2D eigenvalue weighted by Crippen LogP contribution is -2.26. The van der Waals surface area contributed by atoms with Gasteiger partial charge in [-0.15, -0.1) is 0 Å². The Kier molecular flexibility index (Phi) is 8.26. The van der Waals surface area contributed by atoms with Crippen LogP contribution >= 0.6 is 23.2 Å². The summed E-state index contributed by atoms with van der Waals surface area (Å²) >= 11 is 12.1. The van der Waals surface area contributed by atoms with Crippen molar-refractivity contribution in [1.29, 1.82) is 0 Å². The van der Waals surface area contributed by atoms with E-state index < -0.39 is 20.0 Å². The maximum Gasteiger partial charge on any atom is 0.242 e. The van der Waals surface area contributed by atoms with Crippen LogP contribution in [0.5, 0.6) is 0 Å². The van der Waals surface area contributed by atoms with Crippen LogP contribution in [0, 0.1) is 0 Å². The molecule has 0 saturated carbocycles. The largest absolute Gasteiger partial charge is 0.369 e. The molecule has 0 atom stereocenters. The number of benzene rings is 3. The highest BCUT2D eigenvalue weighted by Crippen LogP contribution is 2.30. The number of hydrogen-bond donors (Lipinski definition) is 4. The van der Waals surface area contributed by atoms with Gasteiger partial charge >= 0.3 is 0 Å². The van der Waals surface area contributed by atoms with Crippen molar-refractivity contribution in [2.75, 3.05) is 23.7 Å². The average Bonchev–Trinajstić information content (AvgIpc) is 2.93. The molecule has 4 aromatic rings. The summed E-state index contributed by atoms with van der Waals surface area (Å²) in [5, 5.41) is 6.44. The van der Waals surface area contributed by atoms with E-state index in [1.807, 2.05) is 18.2 Å². The van der Waals surface area contributed by atoms with Gasteiger partial charge < -0.3 is 10.6 Å². The molecule has 0 fully saturated rings. The van der Waals surface area contributed by atoms with Gasteiger partial charge in [-0.1, -0.05) is 53.5 Å². The standard InChI is InChI=1S/C26H24Cl2N6O4S2/c27-22-9-3-10-23(24(22)28)40(37,38)32-15-17-5-1-6-18(13-17)21-16-30-26-33-19-7-2-8-20(14-19)39(35,36)31-12-4-11-29-25(21)34-26/h1-3,5-10,13-14,16,31-32H,4,11-12,15H2,(H2,29,30,33,34). The first-order chi connectivity index (χ1) is 19.1. The topological polar surface area (TPSA) is 142 Å². The zero-order chi connectivity index (χ0) is 28.3. The van der Waals surface area contributed by atoms with Crippen molar-refractivity contribution in [2.45, 2.75) is 22.8 Å². The number of sulfonamides is 2. The van der Waals surface area contributed by atoms with Gasteiger partial charge in [-0.25, -0.2) is 31.3 Å². The fraction of sp³-hybridized carbons (Fsp3) is 0.154. The maximum absolute atomic E-state index is 12.9. The van der Waals surface area contributed by atoms with E-state index in [-0.39, 0.29) is 38.9 Å². The fourth-order valence-corrected chi connectivity index (χ4v) is 6.94. The van der Waals surface area contributed by atoms with Crippen LogP contribution in [-0.4, -0.2) is 39.9 Å². The van der Waals surface area contributed by atoms with Gasteiger partial charge in [0, 0.05) is 37.1 Å². The molecular formula is C26H24Cl2N6O4S2. The SMILES string of the molecule is O=S1(=O)NCCCNc2nc(ncc2-c2cccc(CNS(=O)(=O)c3cccc(Cl)c3Cl)c2)Nc2cccc1c2. The normalized spacial score (nSPS) is 15.1. The summed E-state index contributed by atoms with van der Waals surface area (Å²) in [6.45, 7) is 0.703. The molecule has 0 spiro atoms. The highest BCUT2D eigenvalue weighted by atomic mass is 35.5. The number of nitrogens with zero attached hydrogens (tertiary/aromatic N) is 2. The van der Waals surface area contributed by atoms with Gasteiger partial charge in [-0.05, 0) is 53.9 Å². The van der Waals surface area contributed by atoms with E-state index >= 15 is 0 Å². The summed E-state index contributed by atoms with van der Waals surface area (Å²) in [4.78, 5) is 9.11. The molecule has 2 heterocycles. The maximum atomic E-state index is 12.9. The van der Waals surface area contributed by atoms with Gasteiger partial charge in [0.15, 0.2) is 0 Å². The van der Waals surface area contributed by atoms with Crippen LogP contribution in [0.15, 0.2) is 82.7 Å². The van der Waals surface area contributed by atoms with E-state index in [4.69, 9.17) is 23.2 Å². The molecule has 0 unspecified atom stereocenters. The van der Waals surface area contributed by atoms with Crippen molar-refractivity contribution in [3.8, 4) is 11.1 Å². The Balaban J connectivity index is 1.41. The molecule has 208 valence electrons. The number of hydrogen-bond acceptors (Lipinski definition) is 8. The van der Waals surface area contributed by atoms with Crippen LogP contribution in [0.1, 0.15) is 12.0 Å². The average molecular weight is 620 g/mol. The molecule has 40 heavy (non-hydrogen) atoms. The third kappa shape index (κ3) is 6.38. The Labute approximate surface area is 242 Å². The van der Waals surface area contributed by atoms with E-state index in [1.165, 1.54) is 30.3 Å². The van der Waals surface area contributed by atoms with Gasteiger partial charge in [-0.3, -0.25) is 0 Å². The summed E-state index contributed by atoms with van der Waals surface area (Å²) in [6, 6.07) is 18.2. The van der Waals surface area contributed by atoms with Gasteiger partial charge in [0.05, 0.1) is 14.9 Å². The third-order valence-corrected chi connectivity index (χ3v) is 9.87. The molecule has 10 nitrogen and oxygen atoms in total. The zero-order valence-corrected chi connectivity index (χ0v) is 24.0. The van der Waals surface area contributed by atoms with Crippen molar-refractivity contribution < 1.29 is 16.8 Å². The van der Waals surface area contributed by atoms with Crippen LogP contribution in [0.2, 0.25) is 10.0 Å². The zero-order valence-electron chi connectivity index (χ0n) is 20.9. The summed E-state index contributed by atoms with van der Waals surface area (Å²) in [5.41, 5.74) is 2.68. The van der Waals surface area contributed by atoms with E-state index in [0.29, 0.717) is 35.6 Å². The molecule has 0 saturated heterocycles. The number of halogens is 2. The molecule has 14 heteroatoms. The van der Waals surface area contributed by atoms with Crippen LogP contribution in [0.3, 0.4) is 0 Å². The highest BCUT2D eigenvalue weighted by molar-refractivity contribution is 7.89. The molecule has 1 aliphatic rings. The van der Waals surface area contributed by atoms with Crippen molar-refractivity contribution in [2.24, 2.45) is 0 Å². The Morgan fingerprint density at radius 1 is 0.975 bits per heavy atom. The Bertz CT molecular complexity index is 1790. The molecule has 0 radical (unpaired) electrons. The first kappa shape index (κ1) is 28.3. The van der Waals surface area contributed by atoms with Crippen molar-refractivity contribution in [1.82, 2.24) is 19.4 Å². The number of nitrogens with one attached hydrogen (secondary N) is 4. The predicted octanol–water partition coefficient (Wildman–Crippen LogP) is 4.77. The lowest BCUT2D eigenvalue weighted by atomic mass is 10.0. The minimum atomic E-state index is -3.91. The lowest BCUT2D eigenvalue weighted by molar-refractivity contribution is 0.579. The molecule has 1 aliphatic heterocycles. The first-order valence-corrected chi connectivity index (χ1v) is 15.9. The van der Waals surface area contributed by atoms with Crippen LogP contribution in [0.4, 0.5) is 17.5 Å². The molecule has 4 N–H and O–H groups in total. The molecule has 3 aromatic carbocycles. The Hall–Kier alpha value is -3.26. The minimum absolute atomic E-state index is 0.0127. The van der Waals surface area contributed by atoms with Crippen molar-refractivity contribution in [3.05, 3.63) is 88.5 Å². The Morgan fingerprint density at radius 2 is 1.77 bits per heavy atom. The number of aromatic nitrogens is 2. The summed E-state index contributed by atoms with van der Waals surface area (Å²) in [6.07, 6.45) is 2.17. The fourth-order valence-electron chi connectivity index (χ4n) is 4.04. The highest BCUT2D eigenvalue weighted by Gasteiger charge is 2.20. The predicted molar refractivity (Wildman–Crippen MR) is 156 cm³/mol. The van der Waals surface area contributed by atoms with Crippen molar-refractivity contribution >= 4 is 60.7 Å². The van der Waals surface area contributed by atoms with Gasteiger partial charge in [0.2, 0.25) is 26.0 Å². The van der Waals surface area contributed by atoms with E-state index in [0.717, 1.165) is 5.56 Å². The number of anilines is 3. The first-order valence-electron chi connectivity index (χ1n) is 12.1. The second-order valence-corrected chi connectivity index (χ2v) is 13.2. The third-order valence-electron chi connectivity index (χ3n) is 6.04. The van der Waals surface area contributed by atoms with E-state index in [9.17, 15) is 16.8 Å². The van der Waals surface area contributed by atoms with E-state index in [1.54, 1.807) is 24.4 Å². The second-order valence-electron chi connectivity index (χ2n) is 8.86. The van der Waals surface area contributed by atoms with Gasteiger partial charge in [0.1, 0.15) is 10.7 Å². The minimum Gasteiger partial charge on any atom is -0.369 e. The lowest BCUT2D eigenvalue weighted by Gasteiger charge is -2.14. The van der Waals surface area contributed by atoms with Crippen LogP contribution in [-0.2, 0) is 26.6 Å². The summed E-state index contributed by atoms with van der Waals surface area (Å²) < 4.78 is 56.1. The second kappa shape index (κ2) is 11.7. The Morgan fingerprint density at radius 3 is 2.62 bits per heavy atom. The van der Waals surface area contributed by atoms with Crippen LogP contribution in [0.25, 0.3) is 11.1 Å².